The average molecular weight is 281 g/mol. The van der Waals surface area contributed by atoms with Gasteiger partial charge in [-0.25, -0.2) is 4.98 Å². The molecule has 0 bridgehead atoms. The van der Waals surface area contributed by atoms with Crippen LogP contribution in [0.2, 0.25) is 0 Å². The maximum atomic E-state index is 12.3. The van der Waals surface area contributed by atoms with Crippen LogP contribution in [0.1, 0.15) is 19.3 Å². The van der Waals surface area contributed by atoms with Gasteiger partial charge in [-0.1, -0.05) is 0 Å². The Labute approximate surface area is 116 Å². The van der Waals surface area contributed by atoms with Gasteiger partial charge in [0.15, 0.2) is 5.13 Å². The van der Waals surface area contributed by atoms with Gasteiger partial charge in [-0.2, -0.15) is 0 Å². The molecule has 104 valence electrons. The van der Waals surface area contributed by atoms with Gasteiger partial charge in [0, 0.05) is 37.8 Å². The van der Waals surface area contributed by atoms with Crippen LogP contribution in [0.4, 0.5) is 5.13 Å². The van der Waals surface area contributed by atoms with E-state index in [-0.39, 0.29) is 11.8 Å². The van der Waals surface area contributed by atoms with Gasteiger partial charge in [-0.3, -0.25) is 4.79 Å². The molecule has 2 heterocycles. The van der Waals surface area contributed by atoms with Gasteiger partial charge >= 0.3 is 0 Å². The second-order valence-corrected chi connectivity index (χ2v) is 6.10. The maximum absolute atomic E-state index is 12.3. The Balaban J connectivity index is 1.56. The van der Waals surface area contributed by atoms with E-state index in [1.807, 2.05) is 16.5 Å². The first-order chi connectivity index (χ1) is 9.25. The monoisotopic (exact) mass is 281 g/mol. The van der Waals surface area contributed by atoms with Crippen molar-refractivity contribution >= 4 is 22.4 Å². The van der Waals surface area contributed by atoms with Crippen LogP contribution in [-0.4, -0.2) is 53.2 Å². The van der Waals surface area contributed by atoms with E-state index in [2.05, 4.69) is 9.88 Å². The molecule has 1 aromatic heterocycles. The first-order valence-corrected chi connectivity index (χ1v) is 7.75. The summed E-state index contributed by atoms with van der Waals surface area (Å²) in [7, 11) is 0. The molecule has 6 heteroatoms. The van der Waals surface area contributed by atoms with Crippen LogP contribution in [0.15, 0.2) is 11.6 Å². The van der Waals surface area contributed by atoms with Gasteiger partial charge in [-0.05, 0) is 19.3 Å². The topological polar surface area (TPSA) is 56.7 Å². The Kier molecular flexibility index (Phi) is 3.70. The Hall–Kier alpha value is -1.14. The Morgan fingerprint density at radius 2 is 2.11 bits per heavy atom. The zero-order valence-corrected chi connectivity index (χ0v) is 11.7. The van der Waals surface area contributed by atoms with Gasteiger partial charge < -0.3 is 14.9 Å². The van der Waals surface area contributed by atoms with Gasteiger partial charge in [0.25, 0.3) is 0 Å². The molecular weight excluding hydrogens is 262 g/mol. The summed E-state index contributed by atoms with van der Waals surface area (Å²) in [5, 5.41) is 12.8. The minimum atomic E-state index is -0.426. The van der Waals surface area contributed by atoms with Crippen molar-refractivity contribution in [1.29, 1.82) is 0 Å². The van der Waals surface area contributed by atoms with Crippen molar-refractivity contribution in [3.63, 3.8) is 0 Å². The number of anilines is 1. The third-order valence-corrected chi connectivity index (χ3v) is 4.91. The van der Waals surface area contributed by atoms with Gasteiger partial charge in [0.1, 0.15) is 0 Å². The molecule has 1 saturated heterocycles. The minimum Gasteiger partial charge on any atom is -0.392 e. The van der Waals surface area contributed by atoms with E-state index in [1.54, 1.807) is 11.3 Å². The molecule has 1 aliphatic heterocycles. The summed E-state index contributed by atoms with van der Waals surface area (Å²) in [6.45, 7) is 3.15. The predicted octanol–water partition coefficient (Wildman–Crippen LogP) is 0.953. The maximum Gasteiger partial charge on any atom is 0.228 e. The number of hydrogen-bond donors (Lipinski definition) is 1. The van der Waals surface area contributed by atoms with E-state index in [9.17, 15) is 9.90 Å². The van der Waals surface area contributed by atoms with Crippen LogP contribution in [0, 0.1) is 5.92 Å². The predicted molar refractivity (Wildman–Crippen MR) is 74.3 cm³/mol. The smallest absolute Gasteiger partial charge is 0.228 e. The van der Waals surface area contributed by atoms with E-state index in [1.165, 1.54) is 0 Å². The normalized spacial score (nSPS) is 27.8. The molecular formula is C13H19N3O2S. The average Bonchev–Trinajstić information content (AvgIpc) is 3.09. The highest BCUT2D eigenvalue weighted by Crippen LogP contribution is 2.28. The first-order valence-electron chi connectivity index (χ1n) is 6.87. The minimum absolute atomic E-state index is 0.142. The number of nitrogens with zero attached hydrogens (tertiary/aromatic N) is 3. The summed E-state index contributed by atoms with van der Waals surface area (Å²) in [5.41, 5.74) is 0. The zero-order chi connectivity index (χ0) is 13.2. The molecule has 1 aromatic rings. The van der Waals surface area contributed by atoms with E-state index >= 15 is 0 Å². The molecule has 1 saturated carbocycles. The third-order valence-electron chi connectivity index (χ3n) is 4.08. The number of aliphatic hydroxyl groups excluding tert-OH is 1. The van der Waals surface area contributed by atoms with Crippen LogP contribution in [0.25, 0.3) is 0 Å². The van der Waals surface area contributed by atoms with Crippen molar-refractivity contribution in [2.75, 3.05) is 31.1 Å². The summed E-state index contributed by atoms with van der Waals surface area (Å²) >= 11 is 1.64. The summed E-state index contributed by atoms with van der Waals surface area (Å²) in [5.74, 6) is -0.0183. The second kappa shape index (κ2) is 5.46. The van der Waals surface area contributed by atoms with Crippen molar-refractivity contribution in [2.45, 2.75) is 25.4 Å². The fourth-order valence-electron chi connectivity index (χ4n) is 2.95. The van der Waals surface area contributed by atoms with Crippen LogP contribution < -0.4 is 4.90 Å². The lowest BCUT2D eigenvalue weighted by Crippen LogP contribution is -2.51. The molecule has 2 fully saturated rings. The number of thiazole rings is 1. The fraction of sp³-hybridized carbons (Fsp3) is 0.692. The molecule has 0 spiro atoms. The largest absolute Gasteiger partial charge is 0.392 e. The molecule has 0 aromatic carbocycles. The number of aliphatic hydroxyl groups is 1. The van der Waals surface area contributed by atoms with Crippen molar-refractivity contribution < 1.29 is 9.90 Å². The van der Waals surface area contributed by atoms with E-state index < -0.39 is 6.10 Å². The molecule has 1 aliphatic carbocycles. The lowest BCUT2D eigenvalue weighted by atomic mass is 10.0. The molecule has 2 unspecified atom stereocenters. The Morgan fingerprint density at radius 3 is 2.68 bits per heavy atom. The van der Waals surface area contributed by atoms with Crippen molar-refractivity contribution in [1.82, 2.24) is 9.88 Å². The van der Waals surface area contributed by atoms with Crippen LogP contribution in [-0.2, 0) is 4.79 Å². The van der Waals surface area contributed by atoms with Crippen LogP contribution >= 0.6 is 11.3 Å². The van der Waals surface area contributed by atoms with Crippen molar-refractivity contribution in [3.8, 4) is 0 Å². The van der Waals surface area contributed by atoms with E-state index in [0.29, 0.717) is 0 Å². The lowest BCUT2D eigenvalue weighted by Gasteiger charge is -2.36. The number of carbonyl (C=O) groups is 1. The highest BCUT2D eigenvalue weighted by atomic mass is 32.1. The van der Waals surface area contributed by atoms with Gasteiger partial charge in [0.2, 0.25) is 5.91 Å². The SMILES string of the molecule is O=C(C1CCCC1O)N1CCN(c2nccs2)CC1. The summed E-state index contributed by atoms with van der Waals surface area (Å²) in [4.78, 5) is 20.8. The fourth-order valence-corrected chi connectivity index (χ4v) is 3.65. The highest BCUT2D eigenvalue weighted by molar-refractivity contribution is 7.13. The molecule has 1 N–H and O–H groups in total. The number of carbonyl (C=O) groups excluding carboxylic acids is 1. The van der Waals surface area contributed by atoms with Gasteiger partial charge in [0.05, 0.1) is 12.0 Å². The summed E-state index contributed by atoms with van der Waals surface area (Å²) in [6.07, 6.45) is 3.97. The molecule has 3 rings (SSSR count). The summed E-state index contributed by atoms with van der Waals surface area (Å²) < 4.78 is 0. The summed E-state index contributed by atoms with van der Waals surface area (Å²) in [6, 6.07) is 0. The number of piperazine rings is 1. The van der Waals surface area contributed by atoms with Crippen LogP contribution in [0.3, 0.4) is 0 Å². The third kappa shape index (κ3) is 2.60. The molecule has 2 aliphatic rings. The van der Waals surface area contributed by atoms with Crippen molar-refractivity contribution in [3.05, 3.63) is 11.6 Å². The Bertz CT molecular complexity index is 429. The lowest BCUT2D eigenvalue weighted by molar-refractivity contribution is -0.138. The standard InChI is InChI=1S/C13H19N3O2S/c17-11-3-1-2-10(11)12(18)15-5-7-16(8-6-15)13-14-4-9-19-13/h4,9-11,17H,1-3,5-8H2. The zero-order valence-electron chi connectivity index (χ0n) is 10.9. The Morgan fingerprint density at radius 1 is 1.32 bits per heavy atom. The molecule has 19 heavy (non-hydrogen) atoms. The van der Waals surface area contributed by atoms with E-state index in [0.717, 1.165) is 50.6 Å². The second-order valence-electron chi connectivity index (χ2n) is 5.23. The number of amides is 1. The molecule has 5 nitrogen and oxygen atoms in total. The van der Waals surface area contributed by atoms with Gasteiger partial charge in [-0.15, -0.1) is 11.3 Å². The first kappa shape index (κ1) is 12.9. The van der Waals surface area contributed by atoms with E-state index in [4.69, 9.17) is 0 Å². The number of hydrogen-bond acceptors (Lipinski definition) is 5. The van der Waals surface area contributed by atoms with Crippen molar-refractivity contribution in [2.24, 2.45) is 5.92 Å². The number of rotatable bonds is 2. The number of aromatic nitrogens is 1. The highest BCUT2D eigenvalue weighted by Gasteiger charge is 2.35. The quantitative estimate of drug-likeness (QED) is 0.877. The molecule has 0 radical (unpaired) electrons. The molecule has 1 amide bonds. The van der Waals surface area contributed by atoms with Crippen LogP contribution in [0.5, 0.6) is 0 Å². The molecule has 2 atom stereocenters.